The third-order valence-corrected chi connectivity index (χ3v) is 11.2. The maximum absolute atomic E-state index is 14.0. The number of benzene rings is 3. The van der Waals surface area contributed by atoms with E-state index in [1.54, 1.807) is 4.90 Å². The molecule has 32 heavy (non-hydrogen) atoms. The molecule has 3 aromatic rings. The molecule has 2 saturated heterocycles. The number of ether oxygens (including phenoxy) is 1. The first-order valence-electron chi connectivity index (χ1n) is 10.8. The van der Waals surface area contributed by atoms with Crippen molar-refractivity contribution in [3.05, 3.63) is 91.0 Å². The molecule has 0 bridgehead atoms. The smallest absolute Gasteiger partial charge is 0.328 e. The Morgan fingerprint density at radius 3 is 1.59 bits per heavy atom. The Morgan fingerprint density at radius 2 is 1.19 bits per heavy atom. The number of nitrogens with zero attached hydrogens (tertiary/aromatic N) is 1. The number of likely N-dealkylation sites (tertiary alicyclic amines) is 1. The van der Waals surface area contributed by atoms with Crippen LogP contribution in [-0.2, 0) is 14.3 Å². The minimum absolute atomic E-state index is 0. The number of halogens is 1. The summed E-state index contributed by atoms with van der Waals surface area (Å²) in [4.78, 5) is 28.0. The van der Waals surface area contributed by atoms with Crippen LogP contribution in [0.15, 0.2) is 91.0 Å². The topological polar surface area (TPSA) is 46.6 Å². The van der Waals surface area contributed by atoms with E-state index in [0.29, 0.717) is 19.6 Å². The van der Waals surface area contributed by atoms with E-state index in [2.05, 4.69) is 72.8 Å². The minimum atomic E-state index is -2.30. The first-order valence-corrected chi connectivity index (χ1v) is 12.6. The van der Waals surface area contributed by atoms with Crippen LogP contribution in [0.5, 0.6) is 0 Å². The molecule has 0 spiro atoms. The predicted octanol–water partition coefficient (Wildman–Crippen LogP) is -0.0991. The van der Waals surface area contributed by atoms with Crippen LogP contribution in [0, 0.1) is 0 Å². The molecule has 2 fully saturated rings. The summed E-state index contributed by atoms with van der Waals surface area (Å²) in [6.07, 6.45) is 1.32. The highest BCUT2D eigenvalue weighted by Crippen LogP contribution is 2.62. The summed E-state index contributed by atoms with van der Waals surface area (Å²) in [6, 6.07) is 30.9. The fourth-order valence-corrected chi connectivity index (χ4v) is 9.98. The molecule has 0 saturated carbocycles. The zero-order chi connectivity index (χ0) is 21.3. The number of carbonyl (C=O) groups excluding carboxylic acids is 2. The minimum Gasteiger partial charge on any atom is -1.00 e. The maximum atomic E-state index is 14.0. The lowest BCUT2D eigenvalue weighted by Gasteiger charge is -2.32. The second kappa shape index (κ2) is 9.56. The lowest BCUT2D eigenvalue weighted by molar-refractivity contribution is -0.146. The number of hydrogen-bond donors (Lipinski definition) is 0. The van der Waals surface area contributed by atoms with Crippen LogP contribution >= 0.6 is 7.26 Å². The molecule has 1 amide bonds. The van der Waals surface area contributed by atoms with Gasteiger partial charge in [0.05, 0.1) is 6.61 Å². The molecule has 1 unspecified atom stereocenters. The predicted molar refractivity (Wildman–Crippen MR) is 125 cm³/mol. The molecule has 0 aliphatic carbocycles. The van der Waals surface area contributed by atoms with Crippen molar-refractivity contribution in [1.29, 1.82) is 0 Å². The van der Waals surface area contributed by atoms with Gasteiger partial charge in [0.1, 0.15) is 29.2 Å². The molecule has 2 atom stereocenters. The molecule has 164 valence electrons. The molecule has 6 heteroatoms. The highest BCUT2D eigenvalue weighted by molar-refractivity contribution is 7.96. The Balaban J connectivity index is 0.00000245. The van der Waals surface area contributed by atoms with Gasteiger partial charge in [0, 0.05) is 19.4 Å². The number of amides is 1. The third-order valence-electron chi connectivity index (χ3n) is 6.45. The lowest BCUT2D eigenvalue weighted by Crippen LogP contribution is -3.00. The standard InChI is InChI=1S/C26H25NO3P.BrH/c28-25-24(16-18-27(25)23-17-19-30-26(23)29)31(20-10-4-1-5-11-20,21-12-6-2-7-13-21)22-14-8-3-9-15-22;/h1-15,23-24H,16-19H2;1H/q+1;/p-1/t23?,24-;/m0./s1. The zero-order valence-corrected chi connectivity index (χ0v) is 20.1. The van der Waals surface area contributed by atoms with Gasteiger partial charge in [-0.15, -0.1) is 0 Å². The second-order valence-corrected chi connectivity index (χ2v) is 11.7. The van der Waals surface area contributed by atoms with Crippen LogP contribution in [0.1, 0.15) is 12.8 Å². The van der Waals surface area contributed by atoms with Gasteiger partial charge in [-0.1, -0.05) is 54.6 Å². The van der Waals surface area contributed by atoms with Crippen LogP contribution in [-0.4, -0.2) is 41.6 Å². The van der Waals surface area contributed by atoms with Gasteiger partial charge in [0.25, 0.3) is 5.91 Å². The normalized spacial score (nSPS) is 20.7. The van der Waals surface area contributed by atoms with Crippen molar-refractivity contribution in [3.8, 4) is 0 Å². The van der Waals surface area contributed by atoms with E-state index < -0.39 is 13.3 Å². The van der Waals surface area contributed by atoms with Gasteiger partial charge in [0.2, 0.25) is 0 Å². The highest BCUT2D eigenvalue weighted by atomic mass is 79.9. The summed E-state index contributed by atoms with van der Waals surface area (Å²) >= 11 is 0. The molecule has 4 nitrogen and oxygen atoms in total. The Morgan fingerprint density at radius 1 is 0.719 bits per heavy atom. The average Bonchev–Trinajstić information content (AvgIpc) is 3.42. The van der Waals surface area contributed by atoms with Crippen molar-refractivity contribution in [1.82, 2.24) is 4.90 Å². The summed E-state index contributed by atoms with van der Waals surface area (Å²) in [7, 11) is -2.30. The van der Waals surface area contributed by atoms with E-state index in [1.807, 2.05) is 18.2 Å². The van der Waals surface area contributed by atoms with Gasteiger partial charge in [-0.2, -0.15) is 0 Å². The van der Waals surface area contributed by atoms with E-state index in [-0.39, 0.29) is 34.5 Å². The van der Waals surface area contributed by atoms with Crippen LogP contribution < -0.4 is 32.9 Å². The van der Waals surface area contributed by atoms with E-state index >= 15 is 0 Å². The average molecular weight is 510 g/mol. The summed E-state index contributed by atoms with van der Waals surface area (Å²) in [6.45, 7) is 0.992. The molecule has 5 rings (SSSR count). The number of hydrogen-bond acceptors (Lipinski definition) is 3. The van der Waals surface area contributed by atoms with Gasteiger partial charge in [-0.3, -0.25) is 4.79 Å². The van der Waals surface area contributed by atoms with Crippen molar-refractivity contribution in [3.63, 3.8) is 0 Å². The maximum Gasteiger partial charge on any atom is 0.328 e. The van der Waals surface area contributed by atoms with E-state index in [1.165, 1.54) is 15.9 Å². The zero-order valence-electron chi connectivity index (χ0n) is 17.6. The summed E-state index contributed by atoms with van der Waals surface area (Å²) in [5, 5.41) is 3.59. The van der Waals surface area contributed by atoms with E-state index in [4.69, 9.17) is 4.74 Å². The Labute approximate surface area is 199 Å². The van der Waals surface area contributed by atoms with Gasteiger partial charge in [0.15, 0.2) is 5.66 Å². The van der Waals surface area contributed by atoms with Crippen LogP contribution in [0.3, 0.4) is 0 Å². The second-order valence-electron chi connectivity index (χ2n) is 8.04. The molecule has 2 aliphatic rings. The molecule has 3 aromatic carbocycles. The SMILES string of the molecule is O=C1OCCC1N1CC[C@H]([P+](c2ccccc2)(c2ccccc2)c2ccccc2)C1=O.[Br-]. The highest BCUT2D eigenvalue weighted by Gasteiger charge is 2.60. The number of cyclic esters (lactones) is 1. The monoisotopic (exact) mass is 509 g/mol. The molecule has 2 heterocycles. The van der Waals surface area contributed by atoms with E-state index in [0.717, 1.165) is 6.42 Å². The van der Waals surface area contributed by atoms with Gasteiger partial charge < -0.3 is 26.6 Å². The third kappa shape index (κ3) is 3.68. The molecule has 0 aromatic heterocycles. The van der Waals surface area contributed by atoms with Crippen molar-refractivity contribution in [2.45, 2.75) is 24.5 Å². The summed E-state index contributed by atoms with van der Waals surface area (Å²) < 4.78 is 5.18. The van der Waals surface area contributed by atoms with Crippen LogP contribution in [0.4, 0.5) is 0 Å². The Kier molecular flexibility index (Phi) is 6.78. The van der Waals surface area contributed by atoms with Crippen molar-refractivity contribution >= 4 is 35.1 Å². The van der Waals surface area contributed by atoms with Crippen molar-refractivity contribution < 1.29 is 31.3 Å². The van der Waals surface area contributed by atoms with Gasteiger partial charge >= 0.3 is 5.97 Å². The molecule has 0 radical (unpaired) electrons. The largest absolute Gasteiger partial charge is 1.00 e. The summed E-state index contributed by atoms with van der Waals surface area (Å²) in [5.41, 5.74) is -0.201. The quantitative estimate of drug-likeness (QED) is 0.356. The fourth-order valence-electron chi connectivity index (χ4n) is 5.10. The van der Waals surface area contributed by atoms with E-state index in [9.17, 15) is 9.59 Å². The number of esters is 1. The van der Waals surface area contributed by atoms with Crippen molar-refractivity contribution in [2.75, 3.05) is 13.2 Å². The molecular formula is C26H25BrNO3P. The number of rotatable bonds is 5. The van der Waals surface area contributed by atoms with Gasteiger partial charge in [-0.05, 0) is 36.4 Å². The number of carbonyl (C=O) groups is 2. The Bertz CT molecular complexity index is 981. The van der Waals surface area contributed by atoms with Crippen LogP contribution in [0.25, 0.3) is 0 Å². The fraction of sp³-hybridized carbons (Fsp3) is 0.231. The van der Waals surface area contributed by atoms with Crippen molar-refractivity contribution in [2.24, 2.45) is 0 Å². The van der Waals surface area contributed by atoms with Crippen LogP contribution in [0.2, 0.25) is 0 Å². The lowest BCUT2D eigenvalue weighted by atomic mass is 10.2. The Hall–Kier alpha value is -2.49. The summed E-state index contributed by atoms with van der Waals surface area (Å²) in [5.74, 6) is -0.189. The molecular weight excluding hydrogens is 485 g/mol. The first kappa shape index (κ1) is 22.7. The van der Waals surface area contributed by atoms with Gasteiger partial charge in [-0.25, -0.2) is 4.79 Å². The first-order chi connectivity index (χ1) is 15.2. The molecule has 0 N–H and O–H groups in total. The molecule has 2 aliphatic heterocycles.